The second-order valence-corrected chi connectivity index (χ2v) is 10.3. The summed E-state index contributed by atoms with van der Waals surface area (Å²) < 4.78 is 47.5. The third-order valence-electron chi connectivity index (χ3n) is 6.02. The molecular weight excluding hydrogens is 443 g/mol. The zero-order chi connectivity index (χ0) is 23.0. The van der Waals surface area contributed by atoms with Crippen molar-refractivity contribution in [1.29, 1.82) is 0 Å². The first-order valence-corrected chi connectivity index (χ1v) is 12.5. The molecule has 1 aromatic heterocycles. The average Bonchev–Trinajstić information content (AvgIpc) is 3.35. The van der Waals surface area contributed by atoms with Gasteiger partial charge < -0.3 is 9.64 Å². The summed E-state index contributed by atoms with van der Waals surface area (Å²) in [6.07, 6.45) is 2.62. The van der Waals surface area contributed by atoms with E-state index in [1.165, 1.54) is 28.6 Å². The monoisotopic (exact) mass is 468 g/mol. The number of anilines is 1. The molecule has 3 heterocycles. The molecule has 33 heavy (non-hydrogen) atoms. The van der Waals surface area contributed by atoms with Crippen molar-refractivity contribution in [3.8, 4) is 11.6 Å². The average molecular weight is 469 g/mol. The van der Waals surface area contributed by atoms with Crippen molar-refractivity contribution in [3.63, 3.8) is 0 Å². The van der Waals surface area contributed by atoms with Gasteiger partial charge in [0.15, 0.2) is 0 Å². The Balaban J connectivity index is 1.52. The van der Waals surface area contributed by atoms with E-state index in [0.717, 1.165) is 37.2 Å². The molecule has 2 aromatic carbocycles. The number of ether oxygens (including phenoxy) is 1. The lowest BCUT2D eigenvalue weighted by Crippen LogP contribution is -2.37. The van der Waals surface area contributed by atoms with Crippen LogP contribution in [0.3, 0.4) is 0 Å². The van der Waals surface area contributed by atoms with E-state index >= 15 is 0 Å². The van der Waals surface area contributed by atoms with Crippen LogP contribution in [-0.4, -0.2) is 42.3 Å². The van der Waals surface area contributed by atoms with Crippen LogP contribution in [0.4, 0.5) is 10.3 Å². The Morgan fingerprint density at radius 2 is 1.76 bits per heavy atom. The van der Waals surface area contributed by atoms with E-state index in [0.29, 0.717) is 36.1 Å². The van der Waals surface area contributed by atoms with Gasteiger partial charge in [-0.3, -0.25) is 0 Å². The molecule has 0 radical (unpaired) electrons. The smallest absolute Gasteiger partial charge is 0.243 e. The minimum absolute atomic E-state index is 0.114. The maximum absolute atomic E-state index is 13.4. The fourth-order valence-corrected chi connectivity index (χ4v) is 5.75. The van der Waals surface area contributed by atoms with Gasteiger partial charge >= 0.3 is 0 Å². The lowest BCUT2D eigenvalue weighted by Gasteiger charge is -2.29. The maximum Gasteiger partial charge on any atom is 0.243 e. The van der Waals surface area contributed by atoms with Crippen molar-refractivity contribution in [3.05, 3.63) is 71.2 Å². The zero-order valence-corrected chi connectivity index (χ0v) is 19.2. The predicted molar refractivity (Wildman–Crippen MR) is 122 cm³/mol. The minimum atomic E-state index is -3.69. The first kappa shape index (κ1) is 21.8. The number of aryl methyl sites for hydroxylation is 1. The fraction of sp³-hybridized carbons (Fsp3) is 0.333. The van der Waals surface area contributed by atoms with Gasteiger partial charge in [-0.2, -0.15) is 9.29 Å². The van der Waals surface area contributed by atoms with Crippen LogP contribution >= 0.6 is 0 Å². The van der Waals surface area contributed by atoms with E-state index in [2.05, 4.69) is 9.88 Å². The van der Waals surface area contributed by atoms with Gasteiger partial charge in [-0.1, -0.05) is 12.1 Å². The van der Waals surface area contributed by atoms with Crippen LogP contribution in [-0.2, 0) is 23.0 Å². The lowest BCUT2D eigenvalue weighted by molar-refractivity contribution is 0.369. The number of hydrogen-bond acceptors (Lipinski definition) is 6. The first-order valence-electron chi connectivity index (χ1n) is 11.1. The molecule has 0 saturated carbocycles. The highest BCUT2D eigenvalue weighted by Crippen LogP contribution is 2.34. The van der Waals surface area contributed by atoms with E-state index in [1.54, 1.807) is 18.2 Å². The fourth-order valence-electron chi connectivity index (χ4n) is 4.23. The standard InChI is InChI=1S/C24H25FN4O3S/c1-17-5-4-6-20(15-17)33(30,31)29-14-11-22-21(16-29)23(32-19-9-7-18(25)8-10-19)27-24(26-22)28-12-2-3-13-28/h4-10,15H,2-3,11-14,16H2,1H3. The Morgan fingerprint density at radius 3 is 2.48 bits per heavy atom. The summed E-state index contributed by atoms with van der Waals surface area (Å²) in [6, 6.07) is 12.6. The summed E-state index contributed by atoms with van der Waals surface area (Å²) in [5.74, 6) is 0.986. The summed E-state index contributed by atoms with van der Waals surface area (Å²) in [7, 11) is -3.69. The second-order valence-electron chi connectivity index (χ2n) is 8.41. The number of rotatable bonds is 5. The number of fused-ring (bicyclic) bond motifs is 1. The van der Waals surface area contributed by atoms with Crippen molar-refractivity contribution in [2.45, 2.75) is 37.6 Å². The van der Waals surface area contributed by atoms with Crippen LogP contribution in [0.15, 0.2) is 53.4 Å². The van der Waals surface area contributed by atoms with Gasteiger partial charge in [-0.05, 0) is 61.7 Å². The molecule has 0 spiro atoms. The predicted octanol–water partition coefficient (Wildman–Crippen LogP) is 4.06. The molecule has 0 N–H and O–H groups in total. The topological polar surface area (TPSA) is 75.6 Å². The number of nitrogens with zero attached hydrogens (tertiary/aromatic N) is 4. The van der Waals surface area contributed by atoms with E-state index in [4.69, 9.17) is 9.72 Å². The summed E-state index contributed by atoms with van der Waals surface area (Å²) in [6.45, 7) is 4.07. The van der Waals surface area contributed by atoms with Gasteiger partial charge in [0.2, 0.25) is 21.9 Å². The van der Waals surface area contributed by atoms with Crippen LogP contribution in [0.1, 0.15) is 29.7 Å². The highest BCUT2D eigenvalue weighted by molar-refractivity contribution is 7.89. The first-order chi connectivity index (χ1) is 15.9. The molecule has 0 bridgehead atoms. The van der Waals surface area contributed by atoms with Gasteiger partial charge in [-0.25, -0.2) is 17.8 Å². The largest absolute Gasteiger partial charge is 0.438 e. The number of sulfonamides is 1. The molecule has 9 heteroatoms. The molecule has 1 saturated heterocycles. The number of aromatic nitrogens is 2. The summed E-state index contributed by atoms with van der Waals surface area (Å²) in [4.78, 5) is 11.8. The van der Waals surface area contributed by atoms with E-state index < -0.39 is 10.0 Å². The molecule has 1 fully saturated rings. The SMILES string of the molecule is Cc1cccc(S(=O)(=O)N2CCc3nc(N4CCCC4)nc(Oc4ccc(F)cc4)c3C2)c1. The third kappa shape index (κ3) is 4.43. The quantitative estimate of drug-likeness (QED) is 0.562. The molecule has 172 valence electrons. The maximum atomic E-state index is 13.4. The van der Waals surface area contributed by atoms with Crippen LogP contribution in [0.25, 0.3) is 0 Å². The summed E-state index contributed by atoms with van der Waals surface area (Å²) in [5.41, 5.74) is 2.32. The Morgan fingerprint density at radius 1 is 1.00 bits per heavy atom. The Labute approximate surface area is 192 Å². The highest BCUT2D eigenvalue weighted by Gasteiger charge is 2.32. The number of halogens is 1. The third-order valence-corrected chi connectivity index (χ3v) is 7.86. The van der Waals surface area contributed by atoms with Crippen molar-refractivity contribution < 1.29 is 17.5 Å². The van der Waals surface area contributed by atoms with Crippen LogP contribution in [0.5, 0.6) is 11.6 Å². The second kappa shape index (κ2) is 8.72. The molecule has 2 aliphatic rings. The van der Waals surface area contributed by atoms with E-state index in [9.17, 15) is 12.8 Å². The molecule has 0 amide bonds. The normalized spacial score (nSPS) is 16.6. The molecule has 5 rings (SSSR count). The van der Waals surface area contributed by atoms with Gasteiger partial charge in [-0.15, -0.1) is 0 Å². The molecule has 7 nitrogen and oxygen atoms in total. The van der Waals surface area contributed by atoms with Crippen LogP contribution < -0.4 is 9.64 Å². The van der Waals surface area contributed by atoms with Gasteiger partial charge in [0.25, 0.3) is 0 Å². The molecule has 0 atom stereocenters. The Bertz CT molecular complexity index is 1280. The van der Waals surface area contributed by atoms with Gasteiger partial charge in [0, 0.05) is 32.6 Å². The minimum Gasteiger partial charge on any atom is -0.438 e. The Hall–Kier alpha value is -3.04. The summed E-state index contributed by atoms with van der Waals surface area (Å²) >= 11 is 0. The van der Waals surface area contributed by atoms with Crippen molar-refractivity contribution in [1.82, 2.24) is 14.3 Å². The lowest BCUT2D eigenvalue weighted by atomic mass is 10.1. The van der Waals surface area contributed by atoms with Crippen molar-refractivity contribution in [2.24, 2.45) is 0 Å². The van der Waals surface area contributed by atoms with Crippen molar-refractivity contribution in [2.75, 3.05) is 24.5 Å². The molecule has 0 unspecified atom stereocenters. The van der Waals surface area contributed by atoms with Crippen LogP contribution in [0, 0.1) is 12.7 Å². The zero-order valence-electron chi connectivity index (χ0n) is 18.4. The molecule has 3 aromatic rings. The van der Waals surface area contributed by atoms with Crippen molar-refractivity contribution >= 4 is 16.0 Å². The molecular formula is C24H25FN4O3S. The van der Waals surface area contributed by atoms with Gasteiger partial charge in [0.1, 0.15) is 11.6 Å². The summed E-state index contributed by atoms with van der Waals surface area (Å²) in [5, 5.41) is 0. The number of hydrogen-bond donors (Lipinski definition) is 0. The van der Waals surface area contributed by atoms with Gasteiger partial charge in [0.05, 0.1) is 16.2 Å². The van der Waals surface area contributed by atoms with E-state index in [1.807, 2.05) is 13.0 Å². The molecule has 2 aliphatic heterocycles. The number of benzene rings is 2. The highest BCUT2D eigenvalue weighted by atomic mass is 32.2. The Kier molecular flexibility index (Phi) is 5.76. The van der Waals surface area contributed by atoms with Crippen LogP contribution in [0.2, 0.25) is 0 Å². The molecule has 0 aliphatic carbocycles. The van der Waals surface area contributed by atoms with E-state index in [-0.39, 0.29) is 17.3 Å².